The molecule has 1 heterocycles. The van der Waals surface area contributed by atoms with Crippen molar-refractivity contribution < 1.29 is 9.13 Å². The van der Waals surface area contributed by atoms with Gasteiger partial charge in [0.15, 0.2) is 0 Å². The van der Waals surface area contributed by atoms with Gasteiger partial charge in [-0.2, -0.15) is 0 Å². The van der Waals surface area contributed by atoms with Crippen LogP contribution in [0.25, 0.3) is 0 Å². The van der Waals surface area contributed by atoms with Gasteiger partial charge in [0.1, 0.15) is 17.3 Å². The lowest BCUT2D eigenvalue weighted by Gasteiger charge is -2.31. The van der Waals surface area contributed by atoms with Gasteiger partial charge in [-0.3, -0.25) is 4.90 Å². The van der Waals surface area contributed by atoms with E-state index >= 15 is 0 Å². The normalized spacial score (nSPS) is 15.8. The summed E-state index contributed by atoms with van der Waals surface area (Å²) >= 11 is 0. The highest BCUT2D eigenvalue weighted by Crippen LogP contribution is 2.23. The molecule has 0 spiro atoms. The van der Waals surface area contributed by atoms with Crippen LogP contribution in [-0.4, -0.2) is 31.1 Å². The molecule has 122 valence electrons. The molecule has 1 N–H and O–H groups in total. The third-order valence-electron chi connectivity index (χ3n) is 4.32. The second-order valence-corrected chi connectivity index (χ2v) is 6.10. The van der Waals surface area contributed by atoms with Crippen molar-refractivity contribution in [3.8, 4) is 11.5 Å². The highest BCUT2D eigenvalue weighted by molar-refractivity contribution is 5.33. The zero-order chi connectivity index (χ0) is 16.1. The van der Waals surface area contributed by atoms with Crippen molar-refractivity contribution in [2.24, 2.45) is 0 Å². The van der Waals surface area contributed by atoms with Crippen LogP contribution in [-0.2, 0) is 6.54 Å². The zero-order valence-corrected chi connectivity index (χ0v) is 13.5. The Morgan fingerprint density at radius 3 is 2.52 bits per heavy atom. The molecule has 2 aromatic rings. The van der Waals surface area contributed by atoms with Crippen molar-refractivity contribution in [3.05, 3.63) is 59.9 Å². The summed E-state index contributed by atoms with van der Waals surface area (Å²) in [6.07, 6.45) is 2.41. The molecule has 0 radical (unpaired) electrons. The lowest BCUT2D eigenvalue weighted by molar-refractivity contribution is 0.192. The van der Waals surface area contributed by atoms with E-state index < -0.39 is 0 Å². The smallest absolute Gasteiger partial charge is 0.130 e. The Morgan fingerprint density at radius 2 is 1.83 bits per heavy atom. The van der Waals surface area contributed by atoms with E-state index in [0.29, 0.717) is 11.8 Å². The number of halogens is 1. The number of nitrogens with one attached hydrogen (secondary N) is 1. The third kappa shape index (κ3) is 4.53. The van der Waals surface area contributed by atoms with E-state index in [4.69, 9.17) is 4.74 Å². The van der Waals surface area contributed by atoms with E-state index in [-0.39, 0.29) is 5.82 Å². The van der Waals surface area contributed by atoms with Crippen LogP contribution in [0.4, 0.5) is 4.39 Å². The lowest BCUT2D eigenvalue weighted by Crippen LogP contribution is -2.40. The maximum absolute atomic E-state index is 13.2. The van der Waals surface area contributed by atoms with Crippen LogP contribution in [0.5, 0.6) is 11.5 Å². The lowest BCUT2D eigenvalue weighted by atomic mass is 10.0. The Kier molecular flexibility index (Phi) is 5.26. The minimum Gasteiger partial charge on any atom is -0.457 e. The number of benzene rings is 2. The maximum Gasteiger partial charge on any atom is 0.130 e. The zero-order valence-electron chi connectivity index (χ0n) is 13.5. The summed E-state index contributed by atoms with van der Waals surface area (Å²) in [4.78, 5) is 2.42. The molecule has 3 nitrogen and oxygen atoms in total. The van der Waals surface area contributed by atoms with Gasteiger partial charge in [-0.05, 0) is 62.8 Å². The molecule has 0 amide bonds. The second-order valence-electron chi connectivity index (χ2n) is 6.10. The molecule has 0 bridgehead atoms. The first-order valence-corrected chi connectivity index (χ1v) is 8.14. The standard InChI is InChI=1S/C19H23FN2O/c1-22(17-9-11-21-12-10-17)14-15-5-7-18(8-6-15)23-19-4-2-3-16(20)13-19/h2-8,13,17,21H,9-12,14H2,1H3. The number of ether oxygens (including phenoxy) is 1. The summed E-state index contributed by atoms with van der Waals surface area (Å²) in [6.45, 7) is 3.15. The SMILES string of the molecule is CN(Cc1ccc(Oc2cccc(F)c2)cc1)C1CCNCC1. The largest absolute Gasteiger partial charge is 0.457 e. The summed E-state index contributed by atoms with van der Waals surface area (Å²) in [5.41, 5.74) is 1.26. The van der Waals surface area contributed by atoms with Crippen molar-refractivity contribution in [2.45, 2.75) is 25.4 Å². The monoisotopic (exact) mass is 314 g/mol. The van der Waals surface area contributed by atoms with Crippen LogP contribution in [0, 0.1) is 5.82 Å². The summed E-state index contributed by atoms with van der Waals surface area (Å²) in [5.74, 6) is 0.955. The van der Waals surface area contributed by atoms with Crippen molar-refractivity contribution in [1.29, 1.82) is 0 Å². The summed E-state index contributed by atoms with van der Waals surface area (Å²) < 4.78 is 18.8. The number of piperidine rings is 1. The summed E-state index contributed by atoms with van der Waals surface area (Å²) in [5, 5.41) is 3.40. The van der Waals surface area contributed by atoms with Gasteiger partial charge in [0.25, 0.3) is 0 Å². The first-order chi connectivity index (χ1) is 11.2. The van der Waals surface area contributed by atoms with Crippen LogP contribution in [0.2, 0.25) is 0 Å². The molecule has 3 rings (SSSR count). The van der Waals surface area contributed by atoms with Gasteiger partial charge in [-0.15, -0.1) is 0 Å². The molecule has 1 aliphatic heterocycles. The molecule has 0 unspecified atom stereocenters. The first-order valence-electron chi connectivity index (χ1n) is 8.14. The molecule has 23 heavy (non-hydrogen) atoms. The first kappa shape index (κ1) is 16.0. The van der Waals surface area contributed by atoms with E-state index in [2.05, 4.69) is 29.4 Å². The number of nitrogens with zero attached hydrogens (tertiary/aromatic N) is 1. The Bertz CT molecular complexity index is 624. The number of hydrogen-bond acceptors (Lipinski definition) is 3. The van der Waals surface area contributed by atoms with Crippen LogP contribution >= 0.6 is 0 Å². The second kappa shape index (κ2) is 7.57. The third-order valence-corrected chi connectivity index (χ3v) is 4.32. The van der Waals surface area contributed by atoms with Crippen LogP contribution in [0.3, 0.4) is 0 Å². The van der Waals surface area contributed by atoms with Crippen molar-refractivity contribution >= 4 is 0 Å². The quantitative estimate of drug-likeness (QED) is 0.908. The predicted molar refractivity (Wildman–Crippen MR) is 90.3 cm³/mol. The van der Waals surface area contributed by atoms with E-state index in [1.807, 2.05) is 12.1 Å². The van der Waals surface area contributed by atoms with Gasteiger partial charge in [0.2, 0.25) is 0 Å². The average molecular weight is 314 g/mol. The van der Waals surface area contributed by atoms with E-state index in [1.54, 1.807) is 12.1 Å². The molecule has 0 atom stereocenters. The van der Waals surface area contributed by atoms with Crippen LogP contribution in [0.15, 0.2) is 48.5 Å². The number of hydrogen-bond donors (Lipinski definition) is 1. The number of rotatable bonds is 5. The van der Waals surface area contributed by atoms with Gasteiger partial charge >= 0.3 is 0 Å². The molecular formula is C19H23FN2O. The van der Waals surface area contributed by atoms with Gasteiger partial charge < -0.3 is 10.1 Å². The molecule has 2 aromatic carbocycles. The van der Waals surface area contributed by atoms with E-state index in [0.717, 1.165) is 25.4 Å². The molecule has 1 fully saturated rings. The summed E-state index contributed by atoms with van der Waals surface area (Å²) in [6, 6.07) is 14.9. The van der Waals surface area contributed by atoms with Crippen LogP contribution in [0.1, 0.15) is 18.4 Å². The van der Waals surface area contributed by atoms with Gasteiger partial charge in [0, 0.05) is 18.7 Å². The van der Waals surface area contributed by atoms with Gasteiger partial charge in [0.05, 0.1) is 0 Å². The average Bonchev–Trinajstić information content (AvgIpc) is 2.57. The fourth-order valence-corrected chi connectivity index (χ4v) is 2.99. The molecule has 1 saturated heterocycles. The molecular weight excluding hydrogens is 291 g/mol. The Labute approximate surface area is 137 Å². The molecule has 4 heteroatoms. The van der Waals surface area contributed by atoms with Gasteiger partial charge in [-0.25, -0.2) is 4.39 Å². The molecule has 0 aromatic heterocycles. The summed E-state index contributed by atoms with van der Waals surface area (Å²) in [7, 11) is 2.19. The maximum atomic E-state index is 13.2. The fraction of sp³-hybridized carbons (Fsp3) is 0.368. The Morgan fingerprint density at radius 1 is 1.09 bits per heavy atom. The molecule has 0 aliphatic carbocycles. The predicted octanol–water partition coefficient (Wildman–Crippen LogP) is 3.80. The Hall–Kier alpha value is -1.91. The van der Waals surface area contributed by atoms with E-state index in [1.165, 1.54) is 30.5 Å². The van der Waals surface area contributed by atoms with Crippen LogP contribution < -0.4 is 10.1 Å². The fourth-order valence-electron chi connectivity index (χ4n) is 2.99. The van der Waals surface area contributed by atoms with E-state index in [9.17, 15) is 4.39 Å². The van der Waals surface area contributed by atoms with Crippen molar-refractivity contribution in [1.82, 2.24) is 10.2 Å². The molecule has 1 aliphatic rings. The Balaban J connectivity index is 1.58. The molecule has 0 saturated carbocycles. The van der Waals surface area contributed by atoms with Crippen molar-refractivity contribution in [3.63, 3.8) is 0 Å². The topological polar surface area (TPSA) is 24.5 Å². The highest BCUT2D eigenvalue weighted by Gasteiger charge is 2.17. The minimum atomic E-state index is -0.289. The minimum absolute atomic E-state index is 0.289. The van der Waals surface area contributed by atoms with Gasteiger partial charge in [-0.1, -0.05) is 18.2 Å². The highest BCUT2D eigenvalue weighted by atomic mass is 19.1. The van der Waals surface area contributed by atoms with Crippen molar-refractivity contribution in [2.75, 3.05) is 20.1 Å².